The summed E-state index contributed by atoms with van der Waals surface area (Å²) in [7, 11) is 3.46. The van der Waals surface area contributed by atoms with Crippen molar-refractivity contribution in [3.63, 3.8) is 0 Å². The number of likely N-dealkylation sites (N-methyl/N-ethyl adjacent to an activating group) is 1. The molecule has 2 rings (SSSR count). The lowest BCUT2D eigenvalue weighted by Crippen LogP contribution is -2.49. The highest BCUT2D eigenvalue weighted by Gasteiger charge is 2.30. The number of guanidine groups is 1. The zero-order valence-corrected chi connectivity index (χ0v) is 18.1. The third kappa shape index (κ3) is 7.56. The minimum absolute atomic E-state index is 0.0356. The Morgan fingerprint density at radius 1 is 1.07 bits per heavy atom. The number of nitrogens with one attached hydrogen (secondary N) is 2. The fourth-order valence-electron chi connectivity index (χ4n) is 3.43. The van der Waals surface area contributed by atoms with Crippen LogP contribution in [0.2, 0.25) is 0 Å². The van der Waals surface area contributed by atoms with Crippen molar-refractivity contribution in [2.45, 2.75) is 77.0 Å². The van der Waals surface area contributed by atoms with Gasteiger partial charge in [0, 0.05) is 39.3 Å². The number of aliphatic imine (C=N–C) groups is 1. The summed E-state index contributed by atoms with van der Waals surface area (Å²) in [4.78, 5) is 32.0. The van der Waals surface area contributed by atoms with Crippen LogP contribution >= 0.6 is 0 Å². The van der Waals surface area contributed by atoms with Crippen LogP contribution in [0.4, 0.5) is 4.79 Å². The van der Waals surface area contributed by atoms with E-state index in [4.69, 9.17) is 4.74 Å². The third-order valence-corrected chi connectivity index (χ3v) is 5.00. The largest absolute Gasteiger partial charge is 0.444 e. The maximum Gasteiger partial charge on any atom is 0.410 e. The highest BCUT2D eigenvalue weighted by Crippen LogP contribution is 2.18. The maximum absolute atomic E-state index is 12.3. The van der Waals surface area contributed by atoms with Gasteiger partial charge in [0.05, 0.1) is 0 Å². The van der Waals surface area contributed by atoms with Gasteiger partial charge in [0.15, 0.2) is 5.96 Å². The summed E-state index contributed by atoms with van der Waals surface area (Å²) >= 11 is 0. The third-order valence-electron chi connectivity index (χ3n) is 5.00. The highest BCUT2D eigenvalue weighted by atomic mass is 16.6. The van der Waals surface area contributed by atoms with Gasteiger partial charge in [-0.1, -0.05) is 19.3 Å². The quantitative estimate of drug-likeness (QED) is 0.561. The number of nitrogens with zero attached hydrogens (tertiary/aromatic N) is 3. The molecule has 0 aromatic carbocycles. The molecule has 2 amide bonds. The number of hydrogen-bond acceptors (Lipinski definition) is 4. The van der Waals surface area contributed by atoms with Crippen LogP contribution in [-0.4, -0.2) is 79.2 Å². The second kappa shape index (κ2) is 9.98. The number of rotatable bonds is 4. The number of amides is 2. The van der Waals surface area contributed by atoms with Gasteiger partial charge in [-0.05, 0) is 40.0 Å². The van der Waals surface area contributed by atoms with Crippen molar-refractivity contribution in [3.05, 3.63) is 0 Å². The van der Waals surface area contributed by atoms with Crippen LogP contribution in [0.25, 0.3) is 0 Å². The molecule has 1 aliphatic carbocycles. The van der Waals surface area contributed by atoms with Crippen LogP contribution in [0, 0.1) is 0 Å². The predicted octanol–water partition coefficient (Wildman–Crippen LogP) is 1.95. The van der Waals surface area contributed by atoms with Crippen LogP contribution in [0.5, 0.6) is 0 Å². The first-order valence-electron chi connectivity index (χ1n) is 10.4. The van der Waals surface area contributed by atoms with Gasteiger partial charge in [-0.2, -0.15) is 0 Å². The van der Waals surface area contributed by atoms with Gasteiger partial charge in [-0.15, -0.1) is 0 Å². The lowest BCUT2D eigenvalue weighted by atomic mass is 9.96. The van der Waals surface area contributed by atoms with Gasteiger partial charge in [-0.25, -0.2) is 9.79 Å². The Bertz CT molecular complexity index is 565. The zero-order chi connectivity index (χ0) is 20.7. The first-order valence-corrected chi connectivity index (χ1v) is 10.4. The molecule has 1 aliphatic heterocycles. The van der Waals surface area contributed by atoms with E-state index in [-0.39, 0.29) is 24.6 Å². The number of likely N-dealkylation sites (tertiary alicyclic amines) is 1. The Morgan fingerprint density at radius 3 is 2.32 bits per heavy atom. The lowest BCUT2D eigenvalue weighted by molar-refractivity contribution is -0.127. The van der Waals surface area contributed by atoms with Gasteiger partial charge in [0.25, 0.3) is 0 Å². The summed E-state index contributed by atoms with van der Waals surface area (Å²) < 4.78 is 5.46. The second-order valence-corrected chi connectivity index (χ2v) is 8.99. The average Bonchev–Trinajstić information content (AvgIpc) is 3.07. The number of ether oxygens (including phenoxy) is 1. The van der Waals surface area contributed by atoms with E-state index in [1.54, 1.807) is 23.9 Å². The zero-order valence-electron chi connectivity index (χ0n) is 18.1. The van der Waals surface area contributed by atoms with Crippen molar-refractivity contribution >= 4 is 18.0 Å². The van der Waals surface area contributed by atoms with E-state index in [0.29, 0.717) is 25.1 Å². The number of carbonyl (C=O) groups excluding carboxylic acids is 2. The smallest absolute Gasteiger partial charge is 0.410 e. The van der Waals surface area contributed by atoms with Crippen LogP contribution in [0.15, 0.2) is 4.99 Å². The summed E-state index contributed by atoms with van der Waals surface area (Å²) in [6.45, 7) is 6.95. The molecule has 0 spiro atoms. The molecule has 1 atom stereocenters. The Labute approximate surface area is 169 Å². The Hall–Kier alpha value is -1.99. The van der Waals surface area contributed by atoms with Gasteiger partial charge in [0.2, 0.25) is 5.91 Å². The first-order chi connectivity index (χ1) is 13.1. The molecule has 8 heteroatoms. The van der Waals surface area contributed by atoms with Gasteiger partial charge < -0.3 is 25.2 Å². The van der Waals surface area contributed by atoms with E-state index in [9.17, 15) is 9.59 Å². The summed E-state index contributed by atoms with van der Waals surface area (Å²) in [6, 6.07) is 0.481. The minimum Gasteiger partial charge on any atom is -0.444 e. The van der Waals surface area contributed by atoms with E-state index >= 15 is 0 Å². The standard InChI is InChI=1S/C20H37N5O3/c1-20(2,3)28-19(27)25-12-11-16(14-25)23-18(21-13-17(26)24(4)5)22-15-9-7-6-8-10-15/h15-16H,6-14H2,1-5H3,(H2,21,22,23). The van der Waals surface area contributed by atoms with Gasteiger partial charge in [-0.3, -0.25) is 4.79 Å². The molecule has 0 bridgehead atoms. The molecule has 0 radical (unpaired) electrons. The Kier molecular flexibility index (Phi) is 7.95. The van der Waals surface area contributed by atoms with Crippen molar-refractivity contribution in [2.24, 2.45) is 4.99 Å². The summed E-state index contributed by atoms with van der Waals surface area (Å²) in [5.74, 6) is 0.629. The van der Waals surface area contributed by atoms with Crippen molar-refractivity contribution in [1.29, 1.82) is 0 Å². The van der Waals surface area contributed by atoms with E-state index in [2.05, 4.69) is 15.6 Å². The van der Waals surface area contributed by atoms with Crippen molar-refractivity contribution in [2.75, 3.05) is 33.7 Å². The van der Waals surface area contributed by atoms with Crippen LogP contribution < -0.4 is 10.6 Å². The first kappa shape index (κ1) is 22.3. The molecular weight excluding hydrogens is 358 g/mol. The molecule has 1 heterocycles. The molecule has 0 aromatic rings. The lowest BCUT2D eigenvalue weighted by Gasteiger charge is -2.27. The monoisotopic (exact) mass is 395 g/mol. The molecule has 0 aromatic heterocycles. The summed E-state index contributed by atoms with van der Waals surface area (Å²) in [5, 5.41) is 6.92. The fourth-order valence-corrected chi connectivity index (χ4v) is 3.43. The molecule has 8 nitrogen and oxygen atoms in total. The summed E-state index contributed by atoms with van der Waals surface area (Å²) in [6.07, 6.45) is 6.51. The topological polar surface area (TPSA) is 86.3 Å². The SMILES string of the molecule is CN(C)C(=O)CN=C(NC1CCCCC1)NC1CCN(C(=O)OC(C)(C)C)C1. The van der Waals surface area contributed by atoms with Crippen molar-refractivity contribution in [3.8, 4) is 0 Å². The van der Waals surface area contributed by atoms with E-state index < -0.39 is 5.60 Å². The van der Waals surface area contributed by atoms with Crippen molar-refractivity contribution < 1.29 is 14.3 Å². The molecule has 2 aliphatic rings. The van der Waals surface area contributed by atoms with E-state index in [1.807, 2.05) is 20.8 Å². The molecule has 1 unspecified atom stereocenters. The van der Waals surface area contributed by atoms with Crippen molar-refractivity contribution in [1.82, 2.24) is 20.4 Å². The average molecular weight is 396 g/mol. The molecular formula is C20H37N5O3. The Morgan fingerprint density at radius 2 is 1.71 bits per heavy atom. The molecule has 160 valence electrons. The molecule has 28 heavy (non-hydrogen) atoms. The normalized spacial score (nSPS) is 21.4. The van der Waals surface area contributed by atoms with E-state index in [1.165, 1.54) is 19.3 Å². The van der Waals surface area contributed by atoms with Crippen LogP contribution in [0.1, 0.15) is 59.3 Å². The highest BCUT2D eigenvalue weighted by molar-refractivity contribution is 5.85. The second-order valence-electron chi connectivity index (χ2n) is 8.99. The maximum atomic E-state index is 12.3. The predicted molar refractivity (Wildman–Crippen MR) is 110 cm³/mol. The summed E-state index contributed by atoms with van der Waals surface area (Å²) in [5.41, 5.74) is -0.496. The molecule has 1 saturated carbocycles. The molecule has 2 N–H and O–H groups in total. The van der Waals surface area contributed by atoms with E-state index in [0.717, 1.165) is 19.3 Å². The van der Waals surface area contributed by atoms with Crippen LogP contribution in [-0.2, 0) is 9.53 Å². The Balaban J connectivity index is 1.94. The molecule has 2 fully saturated rings. The minimum atomic E-state index is -0.496. The van der Waals surface area contributed by atoms with Gasteiger partial charge in [0.1, 0.15) is 12.1 Å². The molecule has 1 saturated heterocycles. The fraction of sp³-hybridized carbons (Fsp3) is 0.850. The number of carbonyl (C=O) groups is 2. The van der Waals surface area contributed by atoms with Crippen LogP contribution in [0.3, 0.4) is 0 Å². The number of hydrogen-bond donors (Lipinski definition) is 2. The van der Waals surface area contributed by atoms with Gasteiger partial charge >= 0.3 is 6.09 Å².